The maximum atomic E-state index is 13.8. The second-order valence-electron chi connectivity index (χ2n) is 9.75. The molecule has 1 amide bonds. The normalized spacial score (nSPS) is 16.2. The molecule has 1 saturated carbocycles. The monoisotopic (exact) mass is 517 g/mol. The van der Waals surface area contributed by atoms with Crippen LogP contribution in [-0.4, -0.2) is 23.0 Å². The van der Waals surface area contributed by atoms with E-state index in [1.54, 1.807) is 0 Å². The van der Waals surface area contributed by atoms with E-state index in [4.69, 9.17) is 4.74 Å². The molecule has 196 valence electrons. The predicted octanol–water partition coefficient (Wildman–Crippen LogP) is 6.73. The first-order valence-corrected chi connectivity index (χ1v) is 12.0. The molecular formula is C28H27F4NO4. The number of hydrogen-bond donors (Lipinski definition) is 2. The van der Waals surface area contributed by atoms with Crippen LogP contribution in [0.25, 0.3) is 10.8 Å². The number of rotatable bonds is 7. The maximum Gasteiger partial charge on any atom is 0.416 e. The molecule has 3 aromatic carbocycles. The molecule has 0 bridgehead atoms. The van der Waals surface area contributed by atoms with E-state index in [0.717, 1.165) is 31.4 Å². The van der Waals surface area contributed by atoms with Gasteiger partial charge < -0.3 is 15.2 Å². The molecule has 1 unspecified atom stereocenters. The van der Waals surface area contributed by atoms with Gasteiger partial charge in [-0.15, -0.1) is 0 Å². The Hall–Kier alpha value is -3.62. The summed E-state index contributed by atoms with van der Waals surface area (Å²) >= 11 is 0. The van der Waals surface area contributed by atoms with Gasteiger partial charge in [-0.3, -0.25) is 4.79 Å². The van der Waals surface area contributed by atoms with Crippen LogP contribution in [0.5, 0.6) is 5.75 Å². The second kappa shape index (κ2) is 10.4. The van der Waals surface area contributed by atoms with Crippen molar-refractivity contribution in [1.29, 1.82) is 0 Å². The minimum Gasteiger partial charge on any atom is -0.487 e. The molecule has 4 rings (SSSR count). The minimum atomic E-state index is -4.47. The number of carboxylic acids is 1. The van der Waals surface area contributed by atoms with E-state index in [-0.39, 0.29) is 17.9 Å². The van der Waals surface area contributed by atoms with E-state index in [1.807, 2.05) is 6.92 Å². The van der Waals surface area contributed by atoms with Gasteiger partial charge in [0.2, 0.25) is 0 Å². The molecule has 5 nitrogen and oxygen atoms in total. The fourth-order valence-corrected chi connectivity index (χ4v) is 4.94. The highest BCUT2D eigenvalue weighted by molar-refractivity contribution is 6.05. The standard InChI is InChI=1S/C28H27F4NO4/c1-27(13-3-2-4-14-27)24(26(35)36)33-25(34)22-11-7-18-15-20(29)10-12-21(18)23(22)37-16-17-5-8-19(9-6-17)28(30,31)32/h5-12,15,24H,2-4,13-14,16H2,1H3,(H,33,34)(H,35,36). The third-order valence-electron chi connectivity index (χ3n) is 7.06. The van der Waals surface area contributed by atoms with Gasteiger partial charge in [0.15, 0.2) is 0 Å². The first-order chi connectivity index (χ1) is 17.5. The summed E-state index contributed by atoms with van der Waals surface area (Å²) < 4.78 is 58.4. The summed E-state index contributed by atoms with van der Waals surface area (Å²) in [6.07, 6.45) is -0.381. The van der Waals surface area contributed by atoms with Gasteiger partial charge in [-0.05, 0) is 65.6 Å². The number of carboxylic acid groups (broad SMARTS) is 1. The lowest BCUT2D eigenvalue weighted by atomic mass is 9.70. The Balaban J connectivity index is 1.65. The number of fused-ring (bicyclic) bond motifs is 1. The van der Waals surface area contributed by atoms with Crippen LogP contribution in [0, 0.1) is 11.2 Å². The van der Waals surface area contributed by atoms with E-state index in [9.17, 15) is 32.3 Å². The molecule has 0 heterocycles. The number of alkyl halides is 3. The highest BCUT2D eigenvalue weighted by Crippen LogP contribution is 2.39. The Morgan fingerprint density at radius 3 is 2.32 bits per heavy atom. The molecule has 0 radical (unpaired) electrons. The first-order valence-electron chi connectivity index (χ1n) is 12.0. The van der Waals surface area contributed by atoms with Crippen molar-refractivity contribution >= 4 is 22.6 Å². The van der Waals surface area contributed by atoms with Crippen LogP contribution in [0.3, 0.4) is 0 Å². The molecule has 1 aliphatic rings. The van der Waals surface area contributed by atoms with Crippen LogP contribution in [-0.2, 0) is 17.6 Å². The van der Waals surface area contributed by atoms with Crippen LogP contribution in [0.1, 0.15) is 60.5 Å². The van der Waals surface area contributed by atoms with Gasteiger partial charge >= 0.3 is 12.1 Å². The number of aliphatic carboxylic acids is 1. The number of ether oxygens (including phenoxy) is 1. The number of nitrogens with one attached hydrogen (secondary N) is 1. The zero-order valence-electron chi connectivity index (χ0n) is 20.2. The Kier molecular flexibility index (Phi) is 7.43. The van der Waals surface area contributed by atoms with E-state index in [1.165, 1.54) is 42.5 Å². The molecule has 1 aliphatic carbocycles. The topological polar surface area (TPSA) is 75.6 Å². The summed E-state index contributed by atoms with van der Waals surface area (Å²) in [5.41, 5.74) is -0.929. The van der Waals surface area contributed by atoms with Gasteiger partial charge in [0.05, 0.1) is 11.1 Å². The average Bonchev–Trinajstić information content (AvgIpc) is 2.85. The lowest BCUT2D eigenvalue weighted by Crippen LogP contribution is -2.52. The Morgan fingerprint density at radius 1 is 1.03 bits per heavy atom. The third-order valence-corrected chi connectivity index (χ3v) is 7.06. The predicted molar refractivity (Wildman–Crippen MR) is 130 cm³/mol. The maximum absolute atomic E-state index is 13.8. The van der Waals surface area contributed by atoms with Crippen molar-refractivity contribution in [2.24, 2.45) is 5.41 Å². The molecule has 0 aromatic heterocycles. The van der Waals surface area contributed by atoms with Gasteiger partial charge in [0.1, 0.15) is 24.2 Å². The fourth-order valence-electron chi connectivity index (χ4n) is 4.94. The van der Waals surface area contributed by atoms with Crippen molar-refractivity contribution < 1.29 is 37.0 Å². The number of hydrogen-bond acceptors (Lipinski definition) is 3. The lowest BCUT2D eigenvalue weighted by molar-refractivity contribution is -0.143. The summed E-state index contributed by atoms with van der Waals surface area (Å²) in [5.74, 6) is -2.19. The molecule has 1 fully saturated rings. The van der Waals surface area contributed by atoms with Gasteiger partial charge in [0.25, 0.3) is 5.91 Å². The molecule has 9 heteroatoms. The van der Waals surface area contributed by atoms with Crippen LogP contribution in [0.15, 0.2) is 54.6 Å². The highest BCUT2D eigenvalue weighted by Gasteiger charge is 2.41. The SMILES string of the molecule is CC1(C(NC(=O)c2ccc3cc(F)ccc3c2OCc2ccc(C(F)(F)F)cc2)C(=O)O)CCCCC1. The molecular weight excluding hydrogens is 490 g/mol. The van der Waals surface area contributed by atoms with Crippen LogP contribution in [0.2, 0.25) is 0 Å². The molecule has 0 spiro atoms. The average molecular weight is 518 g/mol. The van der Waals surface area contributed by atoms with Crippen molar-refractivity contribution in [3.63, 3.8) is 0 Å². The smallest absolute Gasteiger partial charge is 0.416 e. The summed E-state index contributed by atoms with van der Waals surface area (Å²) in [5, 5.41) is 13.5. The van der Waals surface area contributed by atoms with Crippen molar-refractivity contribution in [3.05, 3.63) is 77.1 Å². The molecule has 37 heavy (non-hydrogen) atoms. The molecule has 0 aliphatic heterocycles. The van der Waals surface area contributed by atoms with Crippen LogP contribution in [0.4, 0.5) is 17.6 Å². The zero-order chi connectivity index (χ0) is 26.8. The number of carbonyl (C=O) groups is 2. The zero-order valence-corrected chi connectivity index (χ0v) is 20.2. The van der Waals surface area contributed by atoms with E-state index < -0.39 is 40.9 Å². The summed E-state index contributed by atoms with van der Waals surface area (Å²) in [6.45, 7) is 1.70. The summed E-state index contributed by atoms with van der Waals surface area (Å²) in [4.78, 5) is 25.5. The van der Waals surface area contributed by atoms with E-state index >= 15 is 0 Å². The minimum absolute atomic E-state index is 0.0525. The Labute approximate surface area is 211 Å². The van der Waals surface area contributed by atoms with Gasteiger partial charge in [0, 0.05) is 5.39 Å². The van der Waals surface area contributed by atoms with Gasteiger partial charge in [-0.2, -0.15) is 13.2 Å². The number of halogens is 4. The number of amides is 1. The number of benzene rings is 3. The van der Waals surface area contributed by atoms with Gasteiger partial charge in [-0.1, -0.05) is 44.4 Å². The summed E-state index contributed by atoms with van der Waals surface area (Å²) in [7, 11) is 0. The van der Waals surface area contributed by atoms with E-state index in [0.29, 0.717) is 29.2 Å². The molecule has 0 saturated heterocycles. The van der Waals surface area contributed by atoms with Crippen molar-refractivity contribution in [2.75, 3.05) is 0 Å². The highest BCUT2D eigenvalue weighted by atomic mass is 19.4. The Morgan fingerprint density at radius 2 is 1.70 bits per heavy atom. The van der Waals surface area contributed by atoms with Crippen LogP contribution >= 0.6 is 0 Å². The number of carbonyl (C=O) groups excluding carboxylic acids is 1. The fraction of sp³-hybridized carbons (Fsp3) is 0.357. The van der Waals surface area contributed by atoms with Crippen molar-refractivity contribution in [2.45, 2.75) is 57.9 Å². The molecule has 3 aromatic rings. The molecule has 2 N–H and O–H groups in total. The van der Waals surface area contributed by atoms with Gasteiger partial charge in [-0.25, -0.2) is 9.18 Å². The van der Waals surface area contributed by atoms with E-state index in [2.05, 4.69) is 5.32 Å². The lowest BCUT2D eigenvalue weighted by Gasteiger charge is -2.38. The van der Waals surface area contributed by atoms with Crippen molar-refractivity contribution in [3.8, 4) is 5.75 Å². The Bertz CT molecular complexity index is 1300. The second-order valence-corrected chi connectivity index (χ2v) is 9.75. The third kappa shape index (κ3) is 5.87. The largest absolute Gasteiger partial charge is 0.487 e. The first kappa shape index (κ1) is 26.4. The van der Waals surface area contributed by atoms with Crippen molar-refractivity contribution in [1.82, 2.24) is 5.32 Å². The molecule has 1 atom stereocenters. The van der Waals surface area contributed by atoms with Crippen LogP contribution < -0.4 is 10.1 Å². The summed E-state index contributed by atoms with van der Waals surface area (Å²) in [6, 6.07) is 10.2. The quantitative estimate of drug-likeness (QED) is 0.341.